The maximum absolute atomic E-state index is 13.6. The van der Waals surface area contributed by atoms with Gasteiger partial charge < -0.3 is 10.6 Å². The molecular formula is C25H24ClFN2O2. The Morgan fingerprint density at radius 2 is 1.87 bits per heavy atom. The van der Waals surface area contributed by atoms with Gasteiger partial charge in [0.2, 0.25) is 0 Å². The van der Waals surface area contributed by atoms with Gasteiger partial charge in [-0.25, -0.2) is 4.39 Å². The third-order valence-corrected chi connectivity index (χ3v) is 6.02. The minimum absolute atomic E-state index is 0.0299. The standard InChI is InChI=1S/C25H24ClFN2O2/c1-14-21(24(31)29-18-6-4-5-17(27)11-18)22(15-7-9-16(26)10-8-15)23-19(28-14)12-25(2,3)13-20(23)30/h4-11,22,28H,12-13H2,1-3H3,(H,29,31)/t22-/m1/s1. The predicted molar refractivity (Wildman–Crippen MR) is 120 cm³/mol. The highest BCUT2D eigenvalue weighted by Crippen LogP contribution is 2.46. The van der Waals surface area contributed by atoms with E-state index in [1.165, 1.54) is 18.2 Å². The summed E-state index contributed by atoms with van der Waals surface area (Å²) in [6.45, 7) is 5.97. The van der Waals surface area contributed by atoms with Crippen molar-refractivity contribution < 1.29 is 14.0 Å². The van der Waals surface area contributed by atoms with E-state index in [-0.39, 0.29) is 17.1 Å². The van der Waals surface area contributed by atoms with Gasteiger partial charge in [0, 0.05) is 45.6 Å². The Bertz CT molecular complexity index is 1130. The molecule has 31 heavy (non-hydrogen) atoms. The lowest BCUT2D eigenvalue weighted by Crippen LogP contribution is -2.39. The summed E-state index contributed by atoms with van der Waals surface area (Å²) in [6, 6.07) is 13.0. The number of ketones is 1. The van der Waals surface area contributed by atoms with E-state index in [1.54, 1.807) is 18.2 Å². The van der Waals surface area contributed by atoms with Crippen LogP contribution >= 0.6 is 11.6 Å². The van der Waals surface area contributed by atoms with E-state index in [9.17, 15) is 14.0 Å². The van der Waals surface area contributed by atoms with Crippen LogP contribution in [0.25, 0.3) is 0 Å². The number of hydrogen-bond donors (Lipinski definition) is 2. The second-order valence-electron chi connectivity index (χ2n) is 8.95. The Hall–Kier alpha value is -2.92. The van der Waals surface area contributed by atoms with Crippen molar-refractivity contribution in [1.82, 2.24) is 5.32 Å². The van der Waals surface area contributed by atoms with Crippen molar-refractivity contribution in [2.24, 2.45) is 5.41 Å². The molecule has 2 aromatic carbocycles. The van der Waals surface area contributed by atoms with Gasteiger partial charge in [-0.05, 0) is 54.7 Å². The molecule has 0 saturated carbocycles. The van der Waals surface area contributed by atoms with Gasteiger partial charge >= 0.3 is 0 Å². The highest BCUT2D eigenvalue weighted by molar-refractivity contribution is 6.30. The molecule has 1 heterocycles. The van der Waals surface area contributed by atoms with Gasteiger partial charge in [0.15, 0.2) is 5.78 Å². The van der Waals surface area contributed by atoms with Crippen molar-refractivity contribution in [3.8, 4) is 0 Å². The number of amides is 1. The largest absolute Gasteiger partial charge is 0.362 e. The monoisotopic (exact) mass is 438 g/mol. The summed E-state index contributed by atoms with van der Waals surface area (Å²) in [5.41, 5.74) is 3.62. The van der Waals surface area contributed by atoms with Gasteiger partial charge in [-0.2, -0.15) is 0 Å². The number of benzene rings is 2. The van der Waals surface area contributed by atoms with Crippen molar-refractivity contribution in [1.29, 1.82) is 0 Å². The summed E-state index contributed by atoms with van der Waals surface area (Å²) in [5, 5.41) is 6.68. The molecule has 1 aliphatic carbocycles. The van der Waals surface area contributed by atoms with E-state index < -0.39 is 11.7 Å². The maximum atomic E-state index is 13.6. The average Bonchev–Trinajstić information content (AvgIpc) is 2.66. The number of nitrogens with one attached hydrogen (secondary N) is 2. The van der Waals surface area contributed by atoms with Crippen LogP contribution < -0.4 is 10.6 Å². The minimum atomic E-state index is -0.523. The first kappa shape index (κ1) is 21.3. The normalized spacial score (nSPS) is 20.3. The summed E-state index contributed by atoms with van der Waals surface area (Å²) >= 11 is 6.09. The molecule has 0 unspecified atom stereocenters. The average molecular weight is 439 g/mol. The number of allylic oxidation sites excluding steroid dienone is 3. The smallest absolute Gasteiger partial charge is 0.254 e. The van der Waals surface area contributed by atoms with Crippen LogP contribution in [0.4, 0.5) is 10.1 Å². The van der Waals surface area contributed by atoms with Gasteiger partial charge in [-0.3, -0.25) is 9.59 Å². The van der Waals surface area contributed by atoms with Crippen molar-refractivity contribution in [2.45, 2.75) is 39.5 Å². The number of dihydropyridines is 1. The van der Waals surface area contributed by atoms with E-state index >= 15 is 0 Å². The fourth-order valence-electron chi connectivity index (χ4n) is 4.49. The minimum Gasteiger partial charge on any atom is -0.362 e. The van der Waals surface area contributed by atoms with Crippen LogP contribution in [-0.4, -0.2) is 11.7 Å². The number of carbonyl (C=O) groups excluding carboxylic acids is 2. The van der Waals surface area contributed by atoms with Crippen LogP contribution in [0.15, 0.2) is 71.1 Å². The zero-order valence-electron chi connectivity index (χ0n) is 17.7. The second kappa shape index (κ2) is 7.97. The summed E-state index contributed by atoms with van der Waals surface area (Å²) in [7, 11) is 0. The molecule has 4 rings (SSSR count). The van der Waals surface area contributed by atoms with Crippen molar-refractivity contribution in [3.63, 3.8) is 0 Å². The first-order valence-electron chi connectivity index (χ1n) is 10.2. The summed E-state index contributed by atoms with van der Waals surface area (Å²) in [6.07, 6.45) is 1.13. The summed E-state index contributed by atoms with van der Waals surface area (Å²) in [4.78, 5) is 26.6. The third-order valence-electron chi connectivity index (χ3n) is 5.77. The molecule has 160 valence electrons. The SMILES string of the molecule is CC1=C(C(=O)Nc2cccc(F)c2)[C@@H](c2ccc(Cl)cc2)C2=C(CC(C)(C)CC2=O)N1. The molecule has 0 saturated heterocycles. The van der Waals surface area contributed by atoms with Gasteiger partial charge in [0.05, 0.1) is 0 Å². The lowest BCUT2D eigenvalue weighted by atomic mass is 9.68. The van der Waals surface area contributed by atoms with E-state index in [1.807, 2.05) is 19.1 Å². The number of halogens is 2. The van der Waals surface area contributed by atoms with Crippen LogP contribution in [0.5, 0.6) is 0 Å². The van der Waals surface area contributed by atoms with Gasteiger partial charge in [0.1, 0.15) is 5.82 Å². The predicted octanol–water partition coefficient (Wildman–Crippen LogP) is 5.72. The molecule has 1 amide bonds. The molecule has 0 bridgehead atoms. The maximum Gasteiger partial charge on any atom is 0.254 e. The zero-order chi connectivity index (χ0) is 22.3. The molecular weight excluding hydrogens is 415 g/mol. The van der Waals surface area contributed by atoms with Crippen molar-refractivity contribution in [3.05, 3.63) is 87.5 Å². The van der Waals surface area contributed by atoms with Crippen LogP contribution in [0.1, 0.15) is 45.1 Å². The van der Waals surface area contributed by atoms with Crippen molar-refractivity contribution >= 4 is 29.0 Å². The number of hydrogen-bond acceptors (Lipinski definition) is 3. The molecule has 4 nitrogen and oxygen atoms in total. The number of rotatable bonds is 3. The first-order chi connectivity index (χ1) is 14.6. The third kappa shape index (κ3) is 4.28. The molecule has 1 aliphatic heterocycles. The lowest BCUT2D eigenvalue weighted by molar-refractivity contribution is -0.118. The molecule has 1 atom stereocenters. The molecule has 2 aromatic rings. The van der Waals surface area contributed by atoms with Crippen molar-refractivity contribution in [2.75, 3.05) is 5.32 Å². The molecule has 6 heteroatoms. The van der Waals surface area contributed by atoms with Gasteiger partial charge in [-0.1, -0.05) is 43.6 Å². The number of anilines is 1. The van der Waals surface area contributed by atoms with Gasteiger partial charge in [0.25, 0.3) is 5.91 Å². The Kier molecular flexibility index (Phi) is 5.48. The fourth-order valence-corrected chi connectivity index (χ4v) is 4.62. The van der Waals surface area contributed by atoms with E-state index in [0.29, 0.717) is 40.4 Å². The molecule has 0 radical (unpaired) electrons. The fraction of sp³-hybridized carbons (Fsp3) is 0.280. The Labute approximate surface area is 186 Å². The zero-order valence-corrected chi connectivity index (χ0v) is 18.4. The molecule has 2 aliphatic rings. The Balaban J connectivity index is 1.80. The molecule has 2 N–H and O–H groups in total. The topological polar surface area (TPSA) is 58.2 Å². The lowest BCUT2D eigenvalue weighted by Gasteiger charge is -2.39. The quantitative estimate of drug-likeness (QED) is 0.644. The van der Waals surface area contributed by atoms with E-state index in [0.717, 1.165) is 11.3 Å². The first-order valence-corrected chi connectivity index (χ1v) is 10.6. The Morgan fingerprint density at radius 3 is 2.55 bits per heavy atom. The molecule has 0 fully saturated rings. The van der Waals surface area contributed by atoms with Gasteiger partial charge in [-0.15, -0.1) is 0 Å². The molecule has 0 aromatic heterocycles. The van der Waals surface area contributed by atoms with E-state index in [2.05, 4.69) is 24.5 Å². The number of Topliss-reactive ketones (excluding diaryl/α,β-unsaturated/α-hetero) is 1. The summed E-state index contributed by atoms with van der Waals surface area (Å²) in [5.74, 6) is -1.30. The van der Waals surface area contributed by atoms with Crippen LogP contribution in [0, 0.1) is 11.2 Å². The number of carbonyl (C=O) groups is 2. The Morgan fingerprint density at radius 1 is 1.16 bits per heavy atom. The van der Waals surface area contributed by atoms with Crippen LogP contribution in [0.3, 0.4) is 0 Å². The van der Waals surface area contributed by atoms with Crippen LogP contribution in [0.2, 0.25) is 5.02 Å². The highest BCUT2D eigenvalue weighted by atomic mass is 35.5. The second-order valence-corrected chi connectivity index (χ2v) is 9.38. The van der Waals surface area contributed by atoms with Crippen LogP contribution in [-0.2, 0) is 9.59 Å². The molecule has 0 spiro atoms. The van der Waals surface area contributed by atoms with E-state index in [4.69, 9.17) is 11.6 Å². The summed E-state index contributed by atoms with van der Waals surface area (Å²) < 4.78 is 13.6. The highest BCUT2D eigenvalue weighted by Gasteiger charge is 2.42.